The molecule has 0 fully saturated rings. The number of carbonyl (C=O) groups excluding carboxylic acids is 1. The molecule has 1 aliphatic heterocycles. The monoisotopic (exact) mass is 282 g/mol. The van der Waals surface area contributed by atoms with Crippen LogP contribution in [0.1, 0.15) is 11.1 Å². The van der Waals surface area contributed by atoms with Crippen molar-refractivity contribution < 1.29 is 9.53 Å². The van der Waals surface area contributed by atoms with Crippen molar-refractivity contribution in [2.75, 3.05) is 13.7 Å². The van der Waals surface area contributed by atoms with Crippen LogP contribution in [-0.4, -0.2) is 30.5 Å². The summed E-state index contributed by atoms with van der Waals surface area (Å²) in [6.45, 7) is 0.907. The van der Waals surface area contributed by atoms with Crippen molar-refractivity contribution in [2.45, 2.75) is 13.0 Å². The topological polar surface area (TPSA) is 93.9 Å². The third-order valence-corrected chi connectivity index (χ3v) is 3.38. The second-order valence-electron chi connectivity index (χ2n) is 4.20. The van der Waals surface area contributed by atoms with Gasteiger partial charge < -0.3 is 21.1 Å². The molecule has 2 rings (SSSR count). The molecule has 4 N–H and O–H groups in total. The van der Waals surface area contributed by atoms with E-state index in [0.29, 0.717) is 30.3 Å². The molecule has 19 heavy (non-hydrogen) atoms. The number of aliphatic imine (C=N–C) groups is 1. The fraction of sp³-hybridized carbons (Fsp3) is 0.333. The van der Waals surface area contributed by atoms with Crippen LogP contribution in [0.5, 0.6) is 5.75 Å². The van der Waals surface area contributed by atoms with Crippen molar-refractivity contribution in [3.05, 3.63) is 28.3 Å². The number of amides is 2. The molecule has 6 nitrogen and oxygen atoms in total. The van der Waals surface area contributed by atoms with Crippen molar-refractivity contribution in [1.82, 2.24) is 4.90 Å². The maximum atomic E-state index is 11.8. The van der Waals surface area contributed by atoms with Crippen molar-refractivity contribution in [3.63, 3.8) is 0 Å². The lowest BCUT2D eigenvalue weighted by Gasteiger charge is -2.29. The van der Waals surface area contributed by atoms with E-state index < -0.39 is 6.03 Å². The number of fused-ring (bicyclic) bond motifs is 1. The summed E-state index contributed by atoms with van der Waals surface area (Å²) >= 11 is 6.16. The number of nitrogens with two attached hydrogens (primary N) is 2. The molecule has 0 bridgehead atoms. The molecule has 0 unspecified atom stereocenters. The summed E-state index contributed by atoms with van der Waals surface area (Å²) < 4.78 is 5.29. The zero-order valence-corrected chi connectivity index (χ0v) is 11.3. The first-order valence-electron chi connectivity index (χ1n) is 5.75. The van der Waals surface area contributed by atoms with Crippen LogP contribution in [-0.2, 0) is 13.0 Å². The van der Waals surface area contributed by atoms with Gasteiger partial charge in [0.2, 0.25) is 0 Å². The van der Waals surface area contributed by atoms with Gasteiger partial charge in [0.25, 0.3) is 0 Å². The number of halogens is 1. The van der Waals surface area contributed by atoms with Gasteiger partial charge in [0.15, 0.2) is 5.96 Å². The number of hydrogen-bond acceptors (Lipinski definition) is 2. The van der Waals surface area contributed by atoms with Crippen LogP contribution >= 0.6 is 11.6 Å². The van der Waals surface area contributed by atoms with Gasteiger partial charge in [0, 0.05) is 17.1 Å². The lowest BCUT2D eigenvalue weighted by molar-refractivity contribution is 0.201. The Balaban J connectivity index is 2.31. The molecule has 1 aliphatic rings. The Morgan fingerprint density at radius 2 is 2.16 bits per heavy atom. The number of rotatable bonds is 1. The van der Waals surface area contributed by atoms with Crippen LogP contribution in [0.4, 0.5) is 4.79 Å². The number of urea groups is 1. The van der Waals surface area contributed by atoms with Crippen LogP contribution in [0.25, 0.3) is 0 Å². The van der Waals surface area contributed by atoms with E-state index in [1.807, 2.05) is 0 Å². The van der Waals surface area contributed by atoms with E-state index in [2.05, 4.69) is 4.99 Å². The van der Waals surface area contributed by atoms with Gasteiger partial charge in [-0.3, -0.25) is 0 Å². The minimum atomic E-state index is -0.451. The van der Waals surface area contributed by atoms with Gasteiger partial charge in [-0.1, -0.05) is 11.6 Å². The molecule has 0 radical (unpaired) electrons. The smallest absolute Gasteiger partial charge is 0.347 e. The molecule has 0 atom stereocenters. The lowest BCUT2D eigenvalue weighted by atomic mass is 9.99. The fourth-order valence-corrected chi connectivity index (χ4v) is 2.41. The fourth-order valence-electron chi connectivity index (χ4n) is 2.14. The predicted octanol–water partition coefficient (Wildman–Crippen LogP) is 1.10. The SMILES string of the molecule is COc1ccc(Cl)c2c1CN(C(=O)N=C(N)N)CC2. The standard InChI is InChI=1S/C12H15ClN4O2/c1-19-10-3-2-9(13)7-4-5-17(6-8(7)10)12(18)16-11(14)15/h2-3H,4-6H2,1H3,(H4,14,15,16,18). The quantitative estimate of drug-likeness (QED) is 0.596. The summed E-state index contributed by atoms with van der Waals surface area (Å²) in [6, 6.07) is 3.13. The van der Waals surface area contributed by atoms with Gasteiger partial charge >= 0.3 is 6.03 Å². The number of guanidine groups is 1. The van der Waals surface area contributed by atoms with Gasteiger partial charge in [0.05, 0.1) is 13.7 Å². The molecule has 0 spiro atoms. The molecule has 1 aromatic carbocycles. The highest BCUT2D eigenvalue weighted by Crippen LogP contribution is 2.33. The minimum Gasteiger partial charge on any atom is -0.496 e. The van der Waals surface area contributed by atoms with E-state index in [9.17, 15) is 4.79 Å². The Kier molecular flexibility index (Phi) is 3.80. The largest absolute Gasteiger partial charge is 0.496 e. The third kappa shape index (κ3) is 2.73. The Hall–Kier alpha value is -1.95. The van der Waals surface area contributed by atoms with E-state index in [4.69, 9.17) is 27.8 Å². The third-order valence-electron chi connectivity index (χ3n) is 3.03. The first kappa shape index (κ1) is 13.5. The van der Waals surface area contributed by atoms with Gasteiger partial charge in [0.1, 0.15) is 5.75 Å². The van der Waals surface area contributed by atoms with Crippen molar-refractivity contribution in [1.29, 1.82) is 0 Å². The van der Waals surface area contributed by atoms with Gasteiger partial charge in [-0.25, -0.2) is 4.79 Å². The highest BCUT2D eigenvalue weighted by Gasteiger charge is 2.24. The molecule has 1 aromatic rings. The average Bonchev–Trinajstić information content (AvgIpc) is 2.38. The summed E-state index contributed by atoms with van der Waals surface area (Å²) in [5.41, 5.74) is 12.3. The average molecular weight is 283 g/mol. The van der Waals surface area contributed by atoms with Crippen LogP contribution in [0.2, 0.25) is 5.02 Å². The van der Waals surface area contributed by atoms with Gasteiger partial charge in [-0.15, -0.1) is 0 Å². The Morgan fingerprint density at radius 3 is 2.79 bits per heavy atom. The lowest BCUT2D eigenvalue weighted by Crippen LogP contribution is -2.36. The van der Waals surface area contributed by atoms with E-state index in [0.717, 1.165) is 11.1 Å². The van der Waals surface area contributed by atoms with Gasteiger partial charge in [-0.2, -0.15) is 4.99 Å². The van der Waals surface area contributed by atoms with Crippen LogP contribution in [0.15, 0.2) is 17.1 Å². The number of carbonyl (C=O) groups is 1. The molecular weight excluding hydrogens is 268 g/mol. The normalized spacial score (nSPS) is 13.7. The second kappa shape index (κ2) is 5.36. The Bertz CT molecular complexity index is 541. The Morgan fingerprint density at radius 1 is 1.42 bits per heavy atom. The number of methoxy groups -OCH3 is 1. The molecule has 2 amide bonds. The highest BCUT2D eigenvalue weighted by molar-refractivity contribution is 6.31. The Labute approximate surface area is 116 Å². The van der Waals surface area contributed by atoms with E-state index in [-0.39, 0.29) is 5.96 Å². The van der Waals surface area contributed by atoms with Crippen molar-refractivity contribution in [3.8, 4) is 5.75 Å². The summed E-state index contributed by atoms with van der Waals surface area (Å²) in [7, 11) is 1.58. The molecule has 0 aliphatic carbocycles. The van der Waals surface area contributed by atoms with E-state index in [1.54, 1.807) is 24.1 Å². The molecule has 0 saturated heterocycles. The maximum Gasteiger partial charge on any atom is 0.347 e. The number of hydrogen-bond donors (Lipinski definition) is 2. The number of benzene rings is 1. The number of ether oxygens (including phenoxy) is 1. The summed E-state index contributed by atoms with van der Waals surface area (Å²) in [6.07, 6.45) is 0.650. The van der Waals surface area contributed by atoms with E-state index in [1.165, 1.54) is 0 Å². The first-order chi connectivity index (χ1) is 9.02. The summed E-state index contributed by atoms with van der Waals surface area (Å²) in [5.74, 6) is 0.468. The summed E-state index contributed by atoms with van der Waals surface area (Å²) in [5, 5.41) is 0.685. The van der Waals surface area contributed by atoms with Crippen LogP contribution in [0, 0.1) is 0 Å². The molecule has 102 valence electrons. The molecule has 0 aromatic heterocycles. The molecule has 0 saturated carbocycles. The van der Waals surface area contributed by atoms with Crippen LogP contribution < -0.4 is 16.2 Å². The molecule has 7 heteroatoms. The first-order valence-corrected chi connectivity index (χ1v) is 6.13. The maximum absolute atomic E-state index is 11.8. The molecular formula is C12H15ClN4O2. The van der Waals surface area contributed by atoms with Gasteiger partial charge in [-0.05, 0) is 24.1 Å². The highest BCUT2D eigenvalue weighted by atomic mass is 35.5. The van der Waals surface area contributed by atoms with E-state index >= 15 is 0 Å². The minimum absolute atomic E-state index is 0.242. The summed E-state index contributed by atoms with van der Waals surface area (Å²) in [4.78, 5) is 16.9. The van der Waals surface area contributed by atoms with Crippen molar-refractivity contribution >= 4 is 23.6 Å². The van der Waals surface area contributed by atoms with Crippen molar-refractivity contribution in [2.24, 2.45) is 16.5 Å². The molecule has 1 heterocycles. The second-order valence-corrected chi connectivity index (χ2v) is 4.60. The zero-order chi connectivity index (χ0) is 14.0. The zero-order valence-electron chi connectivity index (χ0n) is 10.5. The number of nitrogens with zero attached hydrogens (tertiary/aromatic N) is 2. The van der Waals surface area contributed by atoms with Crippen LogP contribution in [0.3, 0.4) is 0 Å². The predicted molar refractivity (Wildman–Crippen MR) is 73.3 cm³/mol.